The zero-order valence-electron chi connectivity index (χ0n) is 29.5. The van der Waals surface area contributed by atoms with Gasteiger partial charge in [-0.2, -0.15) is 19.0 Å². The number of carbonyl (C=O) groups excluding carboxylic acids is 1. The number of pyridine rings is 1. The molecule has 0 radical (unpaired) electrons. The summed E-state index contributed by atoms with van der Waals surface area (Å²) in [6.45, 7) is 2.24. The molecule has 3 aromatic heterocycles. The maximum atomic E-state index is 15.3. The van der Waals surface area contributed by atoms with Gasteiger partial charge in [-0.1, -0.05) is 39.7 Å². The highest BCUT2D eigenvalue weighted by Crippen LogP contribution is 2.54. The Morgan fingerprint density at radius 1 is 1.15 bits per heavy atom. The summed E-state index contributed by atoms with van der Waals surface area (Å²) in [6.07, 6.45) is 0.202. The summed E-state index contributed by atoms with van der Waals surface area (Å²) >= 11 is 12.0. The number of amides is 1. The fourth-order valence-corrected chi connectivity index (χ4v) is 9.56. The van der Waals surface area contributed by atoms with Crippen LogP contribution in [0.25, 0.3) is 22.0 Å². The molecular formula is C36H32Cl2F4IN7O4S. The first-order chi connectivity index (χ1) is 25.6. The largest absolute Gasteiger partial charge is 0.378 e. The van der Waals surface area contributed by atoms with Crippen LogP contribution < -0.4 is 10.0 Å². The fraction of sp³-hybridized carbons (Fsp3) is 0.306. The lowest BCUT2D eigenvalue weighted by atomic mass is 9.93. The number of hydrogen-bond donors (Lipinski definition) is 3. The molecule has 3 heterocycles. The maximum Gasteiger partial charge on any atom is 0.291 e. The molecule has 6 rings (SSSR count). The molecule has 1 amide bonds. The fourth-order valence-electron chi connectivity index (χ4n) is 6.43. The highest BCUT2D eigenvalue weighted by atomic mass is 127. The Kier molecular flexibility index (Phi) is 11.1. The van der Waals surface area contributed by atoms with Crippen molar-refractivity contribution >= 4 is 81.1 Å². The number of nitrogens with zero attached hydrogens (tertiary/aromatic N) is 5. The van der Waals surface area contributed by atoms with Crippen LogP contribution in [0.5, 0.6) is 0 Å². The second-order valence-electron chi connectivity index (χ2n) is 13.4. The van der Waals surface area contributed by atoms with E-state index in [0.29, 0.717) is 22.7 Å². The molecular weight excluding hydrogens is 900 g/mol. The second-order valence-corrected chi connectivity index (χ2v) is 18.3. The lowest BCUT2D eigenvalue weighted by Crippen LogP contribution is -2.35. The van der Waals surface area contributed by atoms with Crippen molar-refractivity contribution in [3.8, 4) is 23.0 Å². The molecule has 5 aromatic rings. The van der Waals surface area contributed by atoms with E-state index in [4.69, 9.17) is 28.2 Å². The van der Waals surface area contributed by atoms with Crippen LogP contribution in [0.3, 0.4) is 0 Å². The Bertz CT molecular complexity index is 2540. The van der Waals surface area contributed by atoms with E-state index < -0.39 is 88.4 Å². The number of carbonyl (C=O) groups is 1. The number of benzene rings is 2. The summed E-state index contributed by atoms with van der Waals surface area (Å²) in [7, 11) is -2.24. The second kappa shape index (κ2) is 15.1. The van der Waals surface area contributed by atoms with E-state index >= 15 is 8.78 Å². The van der Waals surface area contributed by atoms with Crippen molar-refractivity contribution in [2.75, 3.05) is 11.0 Å². The van der Waals surface area contributed by atoms with Crippen molar-refractivity contribution in [3.05, 3.63) is 92.5 Å². The van der Waals surface area contributed by atoms with Gasteiger partial charge in [0.05, 0.1) is 33.9 Å². The number of nitrogens with one attached hydrogen (secondary N) is 2. The van der Waals surface area contributed by atoms with E-state index in [9.17, 15) is 27.1 Å². The summed E-state index contributed by atoms with van der Waals surface area (Å²) in [5.74, 6) is -0.473. The molecule has 2 atom stereocenters. The minimum Gasteiger partial charge on any atom is -0.378 e. The van der Waals surface area contributed by atoms with Crippen molar-refractivity contribution in [1.29, 1.82) is 0 Å². The summed E-state index contributed by atoms with van der Waals surface area (Å²) in [6, 6.07) is 7.93. The molecule has 0 fully saturated rings. The molecule has 0 bridgehead atoms. The Hall–Kier alpha value is -4.09. The van der Waals surface area contributed by atoms with Crippen LogP contribution in [0.1, 0.15) is 58.4 Å². The smallest absolute Gasteiger partial charge is 0.291 e. The van der Waals surface area contributed by atoms with Crippen molar-refractivity contribution < 1.29 is 35.9 Å². The zero-order chi connectivity index (χ0) is 40.2. The SMILES string of the molecule is C=I[C@H]1CC(F)(F)c2c1c(Cl)nn2CC(=O)N[C@@H](Cc1cc(F)cc(F)c1)c1nc(C#CC(C)(C)O)ccc1-c1ccc(Cl)c2c(NS(C)(=O)=O)nn(C)c12. The Morgan fingerprint density at radius 3 is 2.45 bits per heavy atom. The number of anilines is 1. The predicted octanol–water partition coefficient (Wildman–Crippen LogP) is 6.95. The molecule has 11 nitrogen and oxygen atoms in total. The maximum absolute atomic E-state index is 15.3. The van der Waals surface area contributed by atoms with Crippen LogP contribution in [0, 0.1) is 23.5 Å². The van der Waals surface area contributed by atoms with E-state index in [2.05, 4.69) is 36.6 Å². The van der Waals surface area contributed by atoms with Crippen molar-refractivity contribution in [3.63, 3.8) is 0 Å². The number of rotatable bonds is 10. The number of aliphatic hydroxyl groups is 1. The molecule has 19 heteroatoms. The van der Waals surface area contributed by atoms with Gasteiger partial charge in [-0.15, -0.1) is 20.7 Å². The first kappa shape index (κ1) is 40.6. The first-order valence-electron chi connectivity index (χ1n) is 16.3. The summed E-state index contributed by atoms with van der Waals surface area (Å²) in [5, 5.41) is 21.8. The third kappa shape index (κ3) is 8.83. The normalized spacial score (nSPS) is 15.7. The Balaban J connectivity index is 1.53. The van der Waals surface area contributed by atoms with Crippen LogP contribution in [0.2, 0.25) is 10.2 Å². The van der Waals surface area contributed by atoms with Crippen molar-refractivity contribution in [2.24, 2.45) is 7.05 Å². The number of alkyl halides is 3. The van der Waals surface area contributed by atoms with Gasteiger partial charge in [0.1, 0.15) is 35.2 Å². The molecule has 3 N–H and O–H groups in total. The third-order valence-electron chi connectivity index (χ3n) is 8.48. The van der Waals surface area contributed by atoms with Gasteiger partial charge in [0.2, 0.25) is 15.9 Å². The standard InChI is InChI=1S/C36H32Cl2F4IN7O4S/c1-35(2,52)11-10-21-6-7-22(23-8-9-24(37)28-31(23)49(4)47-34(28)48-55(5,53)54)30(44-21)26(14-18-12-19(39)15-20(40)13-18)45-27(51)17-50-32-29(33(38)46-50)25(43-3)16-36(32,41)42/h6-9,12-13,15,25-26,52H,3,14,16-17H2,1-2,4-5H3,(H,45,51)(H,47,48)/t25-,26-/m0/s1. The lowest BCUT2D eigenvalue weighted by molar-refractivity contribution is -0.122. The first-order valence-corrected chi connectivity index (χ1v) is 21.7. The van der Waals surface area contributed by atoms with Gasteiger partial charge in [-0.3, -0.25) is 18.9 Å². The molecule has 0 spiro atoms. The molecule has 2 aromatic carbocycles. The third-order valence-corrected chi connectivity index (χ3v) is 11.8. The van der Waals surface area contributed by atoms with E-state index in [0.717, 1.165) is 23.1 Å². The summed E-state index contributed by atoms with van der Waals surface area (Å²) < 4.78 is 92.0. The molecule has 0 saturated heterocycles. The summed E-state index contributed by atoms with van der Waals surface area (Å²) in [5.41, 5.74) is -0.262. The average Bonchev–Trinajstić information content (AvgIpc) is 3.67. The van der Waals surface area contributed by atoms with Crippen LogP contribution in [0.15, 0.2) is 42.5 Å². The molecule has 1 aliphatic carbocycles. The van der Waals surface area contributed by atoms with Crippen molar-refractivity contribution in [2.45, 2.75) is 54.7 Å². The Morgan fingerprint density at radius 2 is 1.82 bits per heavy atom. The number of hydrogen-bond acceptors (Lipinski definition) is 7. The van der Waals surface area contributed by atoms with Crippen LogP contribution in [-0.4, -0.2) is 60.3 Å². The van der Waals surface area contributed by atoms with E-state index in [1.165, 1.54) is 24.6 Å². The highest BCUT2D eigenvalue weighted by molar-refractivity contribution is 14.2. The molecule has 290 valence electrons. The average molecular weight is 933 g/mol. The number of fused-ring (bicyclic) bond motifs is 2. The van der Waals surface area contributed by atoms with Crippen LogP contribution >= 0.6 is 43.9 Å². The van der Waals surface area contributed by atoms with Crippen LogP contribution in [-0.2, 0) is 40.8 Å². The molecule has 0 saturated carbocycles. The minimum atomic E-state index is -3.80. The minimum absolute atomic E-state index is 0.0560. The monoisotopic (exact) mass is 931 g/mol. The molecule has 1 aliphatic rings. The predicted molar refractivity (Wildman–Crippen MR) is 211 cm³/mol. The summed E-state index contributed by atoms with van der Waals surface area (Å²) in [4.78, 5) is 18.7. The number of sulfonamides is 1. The van der Waals surface area contributed by atoms with Gasteiger partial charge in [0.25, 0.3) is 5.92 Å². The number of halogens is 7. The van der Waals surface area contributed by atoms with E-state index in [1.807, 2.05) is 0 Å². The molecule has 0 unspecified atom stereocenters. The van der Waals surface area contributed by atoms with Gasteiger partial charge in [0.15, 0.2) is 11.0 Å². The van der Waals surface area contributed by atoms with Crippen LogP contribution in [0.4, 0.5) is 23.4 Å². The quantitative estimate of drug-likeness (QED) is 0.0596. The lowest BCUT2D eigenvalue weighted by Gasteiger charge is -2.23. The van der Waals surface area contributed by atoms with E-state index in [1.54, 1.807) is 25.2 Å². The number of aromatic nitrogens is 5. The van der Waals surface area contributed by atoms with Gasteiger partial charge in [-0.25, -0.2) is 22.2 Å². The zero-order valence-corrected chi connectivity index (χ0v) is 34.0. The number of aryl methyl sites for hydroxylation is 1. The van der Waals surface area contributed by atoms with Gasteiger partial charge < -0.3 is 10.4 Å². The van der Waals surface area contributed by atoms with Gasteiger partial charge in [-0.05, 0) is 62.1 Å². The van der Waals surface area contributed by atoms with Gasteiger partial charge >= 0.3 is 0 Å². The highest BCUT2D eigenvalue weighted by Gasteiger charge is 2.49. The van der Waals surface area contributed by atoms with Crippen molar-refractivity contribution in [1.82, 2.24) is 29.9 Å². The van der Waals surface area contributed by atoms with E-state index in [-0.39, 0.29) is 50.3 Å². The molecule has 55 heavy (non-hydrogen) atoms. The molecule has 0 aliphatic heterocycles. The van der Waals surface area contributed by atoms with Gasteiger partial charge in [0, 0.05) is 40.1 Å². The topological polar surface area (TPSA) is 144 Å². The Labute approximate surface area is 333 Å².